The number of hydrogen-bond acceptors (Lipinski definition) is 6. The van der Waals surface area contributed by atoms with E-state index in [0.29, 0.717) is 9.78 Å². The minimum absolute atomic E-state index is 0.131. The summed E-state index contributed by atoms with van der Waals surface area (Å²) in [7, 11) is 0. The van der Waals surface area contributed by atoms with Gasteiger partial charge >= 0.3 is 11.9 Å². The summed E-state index contributed by atoms with van der Waals surface area (Å²) in [5, 5.41) is 24.1. The van der Waals surface area contributed by atoms with Gasteiger partial charge in [0.15, 0.2) is 17.4 Å². The largest absolute Gasteiger partial charge is 0.478 e. The highest BCUT2D eigenvalue weighted by Gasteiger charge is 2.23. The summed E-state index contributed by atoms with van der Waals surface area (Å²) in [4.78, 5) is 23.5. The van der Waals surface area contributed by atoms with Crippen LogP contribution >= 0.6 is 22.6 Å². The first-order valence-electron chi connectivity index (χ1n) is 8.71. The summed E-state index contributed by atoms with van der Waals surface area (Å²) < 4.78 is 48.8. The van der Waals surface area contributed by atoms with E-state index in [-0.39, 0.29) is 17.2 Å². The number of aliphatic hydroxyl groups excluding tert-OH is 1. The smallest absolute Gasteiger partial charge is 0.337 e. The van der Waals surface area contributed by atoms with Gasteiger partial charge in [-0.1, -0.05) is 0 Å². The Morgan fingerprint density at radius 1 is 1.12 bits per heavy atom. The minimum atomic E-state index is -1.61. The molecule has 1 aromatic heterocycles. The number of aliphatic hydroxyl groups is 1. The van der Waals surface area contributed by atoms with Crippen LogP contribution < -0.4 is 10.7 Å². The number of carbonyl (C=O) groups is 2. The van der Waals surface area contributed by atoms with Gasteiger partial charge in [0.05, 0.1) is 23.2 Å². The molecule has 0 aliphatic heterocycles. The average Bonchev–Trinajstić information content (AvgIpc) is 3.23. The molecular weight excluding hydrogens is 546 g/mol. The third-order valence-electron chi connectivity index (χ3n) is 4.07. The van der Waals surface area contributed by atoms with Crippen LogP contribution in [0.3, 0.4) is 0 Å². The van der Waals surface area contributed by atoms with Crippen molar-refractivity contribution in [3.63, 3.8) is 0 Å². The van der Waals surface area contributed by atoms with Crippen LogP contribution in [-0.2, 0) is 6.61 Å². The van der Waals surface area contributed by atoms with Gasteiger partial charge in [-0.2, -0.15) is 5.10 Å². The topological polar surface area (TPSA) is 124 Å². The van der Waals surface area contributed by atoms with Gasteiger partial charge in [0.2, 0.25) is 0 Å². The first-order valence-corrected chi connectivity index (χ1v) is 9.79. The second-order valence-electron chi connectivity index (χ2n) is 6.19. The molecule has 0 spiro atoms. The molecule has 0 atom stereocenters. The lowest BCUT2D eigenvalue weighted by molar-refractivity contribution is 0.0697. The van der Waals surface area contributed by atoms with Gasteiger partial charge in [-0.15, -0.1) is 0 Å². The highest BCUT2D eigenvalue weighted by atomic mass is 127. The van der Waals surface area contributed by atoms with Crippen molar-refractivity contribution in [1.29, 1.82) is 0 Å². The zero-order valence-electron chi connectivity index (χ0n) is 15.8. The maximum atomic E-state index is 14.7. The summed E-state index contributed by atoms with van der Waals surface area (Å²) in [5.41, 5.74) is -0.290. The van der Waals surface area contributed by atoms with Gasteiger partial charge < -0.3 is 19.9 Å². The fourth-order valence-corrected chi connectivity index (χ4v) is 3.01. The molecule has 1 amide bonds. The normalized spacial score (nSPS) is 11.0. The number of carbonyl (C=O) groups excluding carboxylic acids is 1. The van der Waals surface area contributed by atoms with E-state index in [2.05, 4.69) is 10.4 Å². The zero-order valence-corrected chi connectivity index (χ0v) is 18.0. The average molecular weight is 559 g/mol. The van der Waals surface area contributed by atoms with E-state index in [1.165, 1.54) is 24.3 Å². The summed E-state index contributed by atoms with van der Waals surface area (Å²) >= 11 is 1.85. The highest BCUT2D eigenvalue weighted by molar-refractivity contribution is 14.1. The quantitative estimate of drug-likeness (QED) is 0.197. The van der Waals surface area contributed by atoms with Crippen LogP contribution in [0.2, 0.25) is 0 Å². The number of nitrogens with zero attached hydrogens (tertiary/aromatic N) is 1. The van der Waals surface area contributed by atoms with Gasteiger partial charge in [0, 0.05) is 9.13 Å². The van der Waals surface area contributed by atoms with Crippen molar-refractivity contribution in [2.75, 3.05) is 5.32 Å². The number of amides is 1. The molecule has 2 aromatic carbocycles. The molecule has 8 nitrogen and oxygen atoms in total. The highest BCUT2D eigenvalue weighted by Crippen LogP contribution is 2.30. The Labute approximate surface area is 191 Å². The van der Waals surface area contributed by atoms with Crippen molar-refractivity contribution >= 4 is 52.1 Å². The predicted molar refractivity (Wildman–Crippen MR) is 115 cm³/mol. The Morgan fingerprint density at radius 3 is 2.50 bits per heavy atom. The molecular formula is C20H13F3IN3O5. The van der Waals surface area contributed by atoms with Crippen LogP contribution in [0.1, 0.15) is 32.2 Å². The summed E-state index contributed by atoms with van der Waals surface area (Å²) in [6.07, 6.45) is 0.702. The van der Waals surface area contributed by atoms with Gasteiger partial charge in [0.25, 0.3) is 0 Å². The molecule has 0 radical (unpaired) electrons. The third kappa shape index (κ3) is 5.08. The molecule has 4 N–H and O–H groups in total. The third-order valence-corrected chi connectivity index (χ3v) is 4.74. The second-order valence-corrected chi connectivity index (χ2v) is 7.44. The lowest BCUT2D eigenvalue weighted by Crippen LogP contribution is -2.17. The van der Waals surface area contributed by atoms with Crippen LogP contribution in [0, 0.1) is 21.0 Å². The first kappa shape index (κ1) is 23.3. The summed E-state index contributed by atoms with van der Waals surface area (Å²) in [6.45, 7) is -0.425. The molecule has 32 heavy (non-hydrogen) atoms. The van der Waals surface area contributed by atoms with E-state index >= 15 is 0 Å². The molecule has 0 aliphatic rings. The SMILES string of the molecule is O=C(N/N=C/c1cc(C(=O)O)c(Nc2ccc(I)cc2F)c(F)c1F)c1ccc(CO)o1. The molecule has 0 aliphatic carbocycles. The standard InChI is InChI=1S/C20H13F3IN3O5/c21-13-6-10(24)1-3-14(13)26-18-12(20(30)31)5-9(16(22)17(18)23)7-25-27-19(29)15-4-2-11(8-28)32-15/h1-7,26,28H,8H2,(H,27,29)(H,30,31)/b25-7+. The van der Waals surface area contributed by atoms with Crippen LogP contribution in [0.15, 0.2) is 45.9 Å². The number of nitrogens with one attached hydrogen (secondary N) is 2. The molecule has 0 saturated heterocycles. The van der Waals surface area contributed by atoms with E-state index < -0.39 is 52.7 Å². The molecule has 0 unspecified atom stereocenters. The molecule has 0 bridgehead atoms. The van der Waals surface area contributed by atoms with Crippen molar-refractivity contribution in [3.8, 4) is 0 Å². The molecule has 0 fully saturated rings. The Bertz CT molecular complexity index is 1230. The van der Waals surface area contributed by atoms with Gasteiger partial charge in [-0.05, 0) is 59.0 Å². The van der Waals surface area contributed by atoms with E-state index in [0.717, 1.165) is 12.1 Å². The van der Waals surface area contributed by atoms with Crippen LogP contribution in [0.25, 0.3) is 0 Å². The van der Waals surface area contributed by atoms with Crippen molar-refractivity contribution in [2.45, 2.75) is 6.61 Å². The number of benzene rings is 2. The monoisotopic (exact) mass is 559 g/mol. The number of carboxylic acids is 1. The fourth-order valence-electron chi connectivity index (χ4n) is 2.56. The number of hydrazone groups is 1. The van der Waals surface area contributed by atoms with Crippen LogP contribution in [0.5, 0.6) is 0 Å². The number of furan rings is 1. The first-order chi connectivity index (χ1) is 15.2. The van der Waals surface area contributed by atoms with Crippen LogP contribution in [0.4, 0.5) is 24.5 Å². The minimum Gasteiger partial charge on any atom is -0.478 e. The lowest BCUT2D eigenvalue weighted by Gasteiger charge is -2.13. The lowest BCUT2D eigenvalue weighted by atomic mass is 10.1. The number of hydrogen-bond donors (Lipinski definition) is 4. The maximum absolute atomic E-state index is 14.7. The Balaban J connectivity index is 1.88. The molecule has 12 heteroatoms. The molecule has 3 rings (SSSR count). The summed E-state index contributed by atoms with van der Waals surface area (Å²) in [6, 6.07) is 7.27. The number of anilines is 2. The molecule has 3 aromatic rings. The molecule has 0 saturated carbocycles. The number of carboxylic acid groups (broad SMARTS) is 1. The van der Waals surface area contributed by atoms with E-state index in [9.17, 15) is 27.9 Å². The fraction of sp³-hybridized carbons (Fsp3) is 0.0500. The Hall–Kier alpha value is -3.39. The van der Waals surface area contributed by atoms with Crippen molar-refractivity contribution in [2.24, 2.45) is 5.10 Å². The van der Waals surface area contributed by atoms with Crippen molar-refractivity contribution < 1.29 is 37.4 Å². The van der Waals surface area contributed by atoms with Crippen LogP contribution in [-0.4, -0.2) is 28.3 Å². The zero-order chi connectivity index (χ0) is 23.4. The number of rotatable bonds is 7. The van der Waals surface area contributed by atoms with E-state index in [1.807, 2.05) is 28.0 Å². The van der Waals surface area contributed by atoms with E-state index in [4.69, 9.17) is 9.52 Å². The summed E-state index contributed by atoms with van der Waals surface area (Å²) in [5.74, 6) is -6.34. The van der Waals surface area contributed by atoms with Gasteiger partial charge in [-0.25, -0.2) is 23.4 Å². The van der Waals surface area contributed by atoms with Gasteiger partial charge in [-0.3, -0.25) is 4.79 Å². The predicted octanol–water partition coefficient (Wildman–Crippen LogP) is 4.00. The van der Waals surface area contributed by atoms with Crippen molar-refractivity contribution in [3.05, 3.63) is 80.1 Å². The number of halogens is 4. The van der Waals surface area contributed by atoms with E-state index in [1.54, 1.807) is 0 Å². The maximum Gasteiger partial charge on any atom is 0.337 e. The molecule has 1 heterocycles. The van der Waals surface area contributed by atoms with Gasteiger partial charge in [0.1, 0.15) is 18.2 Å². The van der Waals surface area contributed by atoms with Crippen molar-refractivity contribution in [1.82, 2.24) is 5.43 Å². The Kier molecular flexibility index (Phi) is 7.15. The Morgan fingerprint density at radius 2 is 1.88 bits per heavy atom. The molecule has 166 valence electrons. The second kappa shape index (κ2) is 9.82. The number of aromatic carboxylic acids is 1.